The maximum Gasteiger partial charge on any atom is 0.412 e. The quantitative estimate of drug-likeness (QED) is 0.819. The molecule has 0 aliphatic heterocycles. The van der Waals surface area contributed by atoms with Gasteiger partial charge in [0, 0.05) is 0 Å². The average Bonchev–Trinajstić information content (AvgIpc) is 2.17. The molecule has 2 N–H and O–H groups in total. The molecular weight excluding hydrogens is 304 g/mol. The summed E-state index contributed by atoms with van der Waals surface area (Å²) in [5, 5.41) is 11.3. The highest BCUT2D eigenvalue weighted by Gasteiger charge is 2.19. The Morgan fingerprint density at radius 2 is 2.06 bits per heavy atom. The van der Waals surface area contributed by atoms with Gasteiger partial charge in [-0.25, -0.2) is 14.6 Å². The molecule has 1 rings (SSSR count). The Morgan fingerprint density at radius 3 is 2.56 bits per heavy atom. The van der Waals surface area contributed by atoms with Gasteiger partial charge in [-0.05, 0) is 42.8 Å². The second kappa shape index (κ2) is 5.34. The summed E-state index contributed by atoms with van der Waals surface area (Å²) < 4.78 is 5.39. The van der Waals surface area contributed by atoms with Crippen LogP contribution in [0.2, 0.25) is 0 Å². The van der Waals surface area contributed by atoms with E-state index in [1.54, 1.807) is 20.8 Å². The van der Waals surface area contributed by atoms with E-state index in [0.717, 1.165) is 0 Å². The van der Waals surface area contributed by atoms with Gasteiger partial charge in [-0.15, -0.1) is 0 Å². The van der Waals surface area contributed by atoms with Crippen LogP contribution in [0.25, 0.3) is 0 Å². The SMILES string of the molecule is CC(C)(C)OC(=O)Nc1cnc(Br)cc1C(=O)O. The first-order valence-corrected chi connectivity index (χ1v) is 5.87. The molecule has 0 saturated carbocycles. The molecule has 0 aliphatic carbocycles. The van der Waals surface area contributed by atoms with Gasteiger partial charge >= 0.3 is 12.1 Å². The lowest BCUT2D eigenvalue weighted by molar-refractivity contribution is 0.0636. The van der Waals surface area contributed by atoms with E-state index in [4.69, 9.17) is 9.84 Å². The van der Waals surface area contributed by atoms with Gasteiger partial charge in [0.2, 0.25) is 0 Å². The predicted octanol–water partition coefficient (Wildman–Crippen LogP) is 2.89. The molecule has 0 fully saturated rings. The van der Waals surface area contributed by atoms with E-state index in [2.05, 4.69) is 26.2 Å². The minimum absolute atomic E-state index is 0.0669. The fourth-order valence-corrected chi connectivity index (χ4v) is 1.45. The van der Waals surface area contributed by atoms with Gasteiger partial charge in [0.15, 0.2) is 0 Å². The second-order valence-corrected chi connectivity index (χ2v) is 5.30. The third-order valence-corrected chi connectivity index (χ3v) is 2.17. The van der Waals surface area contributed by atoms with E-state index < -0.39 is 17.7 Å². The molecule has 7 heteroatoms. The lowest BCUT2D eigenvalue weighted by Crippen LogP contribution is -2.27. The lowest BCUT2D eigenvalue weighted by atomic mass is 10.2. The molecule has 1 aromatic rings. The number of carboxylic acids is 1. The van der Waals surface area contributed by atoms with Crippen LogP contribution in [-0.2, 0) is 4.74 Å². The van der Waals surface area contributed by atoms with E-state index >= 15 is 0 Å². The highest BCUT2D eigenvalue weighted by molar-refractivity contribution is 9.10. The fraction of sp³-hybridized carbons (Fsp3) is 0.364. The molecule has 6 nitrogen and oxygen atoms in total. The number of carboxylic acid groups (broad SMARTS) is 1. The number of ether oxygens (including phenoxy) is 1. The number of aromatic carboxylic acids is 1. The number of rotatable bonds is 2. The number of carbonyl (C=O) groups is 2. The van der Waals surface area contributed by atoms with Crippen LogP contribution in [0.1, 0.15) is 31.1 Å². The van der Waals surface area contributed by atoms with Crippen LogP contribution in [0.4, 0.5) is 10.5 Å². The van der Waals surface area contributed by atoms with Crippen molar-refractivity contribution in [3.63, 3.8) is 0 Å². The van der Waals surface area contributed by atoms with Crippen molar-refractivity contribution < 1.29 is 19.4 Å². The molecule has 1 aromatic heterocycles. The Hall–Kier alpha value is -1.63. The molecule has 0 unspecified atom stereocenters. The van der Waals surface area contributed by atoms with Gasteiger partial charge in [0.1, 0.15) is 10.2 Å². The van der Waals surface area contributed by atoms with Crippen molar-refractivity contribution in [2.75, 3.05) is 5.32 Å². The maximum atomic E-state index is 11.5. The zero-order valence-electron chi connectivity index (χ0n) is 10.2. The number of amides is 1. The molecular formula is C11H13BrN2O4. The van der Waals surface area contributed by atoms with E-state index in [1.807, 2.05) is 0 Å². The van der Waals surface area contributed by atoms with Gasteiger partial charge < -0.3 is 9.84 Å². The summed E-state index contributed by atoms with van der Waals surface area (Å²) in [7, 11) is 0. The molecule has 1 amide bonds. The highest BCUT2D eigenvalue weighted by Crippen LogP contribution is 2.19. The number of anilines is 1. The molecule has 0 atom stereocenters. The fourth-order valence-electron chi connectivity index (χ4n) is 1.12. The van der Waals surface area contributed by atoms with Crippen LogP contribution in [0.15, 0.2) is 16.9 Å². The number of hydrogen-bond acceptors (Lipinski definition) is 4. The summed E-state index contributed by atoms with van der Waals surface area (Å²) in [4.78, 5) is 26.4. The maximum absolute atomic E-state index is 11.5. The largest absolute Gasteiger partial charge is 0.478 e. The number of halogens is 1. The van der Waals surface area contributed by atoms with Crippen LogP contribution in [0, 0.1) is 0 Å². The van der Waals surface area contributed by atoms with Gasteiger partial charge in [0.05, 0.1) is 17.4 Å². The molecule has 1 heterocycles. The third-order valence-electron chi connectivity index (χ3n) is 1.74. The summed E-state index contributed by atoms with van der Waals surface area (Å²) in [6, 6.07) is 1.30. The Labute approximate surface area is 112 Å². The lowest BCUT2D eigenvalue weighted by Gasteiger charge is -2.20. The van der Waals surface area contributed by atoms with Gasteiger partial charge in [-0.3, -0.25) is 5.32 Å². The summed E-state index contributed by atoms with van der Waals surface area (Å²) in [6.07, 6.45) is 0.520. The number of nitrogens with zero attached hydrogens (tertiary/aromatic N) is 1. The Bertz CT molecular complexity index is 482. The molecule has 0 radical (unpaired) electrons. The molecule has 0 bridgehead atoms. The normalized spacial score (nSPS) is 10.9. The monoisotopic (exact) mass is 316 g/mol. The Morgan fingerprint density at radius 1 is 1.44 bits per heavy atom. The second-order valence-electron chi connectivity index (χ2n) is 4.48. The summed E-state index contributed by atoms with van der Waals surface area (Å²) in [5.74, 6) is -1.16. The molecule has 18 heavy (non-hydrogen) atoms. The molecule has 0 saturated heterocycles. The number of aromatic nitrogens is 1. The number of pyridine rings is 1. The number of carbonyl (C=O) groups excluding carboxylic acids is 1. The molecule has 0 aromatic carbocycles. The van der Waals surface area contributed by atoms with E-state index in [-0.39, 0.29) is 11.3 Å². The van der Waals surface area contributed by atoms with Crippen molar-refractivity contribution in [1.29, 1.82) is 0 Å². The van der Waals surface area contributed by atoms with Gasteiger partial charge in [-0.2, -0.15) is 0 Å². The first-order valence-electron chi connectivity index (χ1n) is 5.08. The third kappa shape index (κ3) is 4.33. The van der Waals surface area contributed by atoms with Gasteiger partial charge in [0.25, 0.3) is 0 Å². The zero-order chi connectivity index (χ0) is 13.9. The predicted molar refractivity (Wildman–Crippen MR) is 68.8 cm³/mol. The zero-order valence-corrected chi connectivity index (χ0v) is 11.7. The van der Waals surface area contributed by atoms with E-state index in [1.165, 1.54) is 12.3 Å². The first kappa shape index (κ1) is 14.4. The highest BCUT2D eigenvalue weighted by atomic mass is 79.9. The number of hydrogen-bond donors (Lipinski definition) is 2. The van der Waals surface area contributed by atoms with Crippen LogP contribution >= 0.6 is 15.9 Å². The number of nitrogens with one attached hydrogen (secondary N) is 1. The van der Waals surface area contributed by atoms with Gasteiger partial charge in [-0.1, -0.05) is 0 Å². The van der Waals surface area contributed by atoms with Crippen molar-refractivity contribution in [2.24, 2.45) is 0 Å². The van der Waals surface area contributed by atoms with Crippen molar-refractivity contribution in [2.45, 2.75) is 26.4 Å². The van der Waals surface area contributed by atoms with E-state index in [0.29, 0.717) is 4.60 Å². The Balaban J connectivity index is 2.91. The van der Waals surface area contributed by atoms with Crippen LogP contribution in [0.5, 0.6) is 0 Å². The Kier molecular flexibility index (Phi) is 4.28. The molecule has 0 spiro atoms. The molecule has 98 valence electrons. The summed E-state index contributed by atoms with van der Waals surface area (Å²) in [6.45, 7) is 5.14. The first-order chi connectivity index (χ1) is 8.19. The van der Waals surface area contributed by atoms with Crippen LogP contribution < -0.4 is 5.32 Å². The average molecular weight is 317 g/mol. The van der Waals surface area contributed by atoms with Crippen molar-refractivity contribution in [3.8, 4) is 0 Å². The topological polar surface area (TPSA) is 88.5 Å². The van der Waals surface area contributed by atoms with Crippen molar-refractivity contribution >= 4 is 33.7 Å². The van der Waals surface area contributed by atoms with Crippen molar-refractivity contribution in [1.82, 2.24) is 4.98 Å². The van der Waals surface area contributed by atoms with Crippen LogP contribution in [-0.4, -0.2) is 27.8 Å². The van der Waals surface area contributed by atoms with Crippen molar-refractivity contribution in [3.05, 3.63) is 22.4 Å². The molecule has 0 aliphatic rings. The summed E-state index contributed by atoms with van der Waals surface area (Å²) in [5.41, 5.74) is -0.640. The summed E-state index contributed by atoms with van der Waals surface area (Å²) >= 11 is 3.06. The minimum Gasteiger partial charge on any atom is -0.478 e. The smallest absolute Gasteiger partial charge is 0.412 e. The van der Waals surface area contributed by atoms with E-state index in [9.17, 15) is 9.59 Å². The minimum atomic E-state index is -1.16. The van der Waals surface area contributed by atoms with Crippen LogP contribution in [0.3, 0.4) is 0 Å². The standard InChI is InChI=1S/C11H13BrN2O4/c1-11(2,3)18-10(17)14-7-5-13-8(12)4-6(7)9(15)16/h4-5H,1-3H3,(H,14,17)(H,15,16).